The largest absolute Gasteiger partial charge is 0.465 e. The van der Waals surface area contributed by atoms with Gasteiger partial charge in [-0.3, -0.25) is 9.59 Å². The van der Waals surface area contributed by atoms with E-state index in [1.807, 2.05) is 6.26 Å². The minimum Gasteiger partial charge on any atom is -0.465 e. The van der Waals surface area contributed by atoms with Crippen LogP contribution < -0.4 is 0 Å². The van der Waals surface area contributed by atoms with E-state index in [9.17, 15) is 9.59 Å². The Morgan fingerprint density at radius 1 is 1.38 bits per heavy atom. The Kier molecular flexibility index (Phi) is 5.66. The number of carbonyl (C=O) groups is 2. The van der Waals surface area contributed by atoms with Crippen molar-refractivity contribution in [3.63, 3.8) is 0 Å². The van der Waals surface area contributed by atoms with E-state index in [2.05, 4.69) is 0 Å². The zero-order chi connectivity index (χ0) is 12.0. The number of esters is 1. The maximum Gasteiger partial charge on any atom is 0.309 e. The predicted octanol–water partition coefficient (Wildman–Crippen LogP) is 1.15. The van der Waals surface area contributed by atoms with E-state index in [1.54, 1.807) is 23.6 Å². The fourth-order valence-electron chi connectivity index (χ4n) is 1.77. The molecule has 0 aromatic carbocycles. The number of hydrogen-bond acceptors (Lipinski definition) is 4. The first kappa shape index (κ1) is 13.4. The first-order valence-corrected chi connectivity index (χ1v) is 6.95. The molecule has 1 fully saturated rings. The lowest BCUT2D eigenvalue weighted by Crippen LogP contribution is -2.39. The average molecular weight is 245 g/mol. The van der Waals surface area contributed by atoms with Crippen LogP contribution in [-0.4, -0.2) is 48.5 Å². The van der Waals surface area contributed by atoms with Crippen molar-refractivity contribution < 1.29 is 14.3 Å². The average Bonchev–Trinajstić information content (AvgIpc) is 2.29. The molecule has 0 aromatic rings. The van der Waals surface area contributed by atoms with Gasteiger partial charge >= 0.3 is 5.97 Å². The van der Waals surface area contributed by atoms with Crippen molar-refractivity contribution >= 4 is 23.6 Å². The van der Waals surface area contributed by atoms with Gasteiger partial charge in [0, 0.05) is 25.8 Å². The number of thioether (sulfide) groups is 1. The Hall–Kier alpha value is -0.710. The van der Waals surface area contributed by atoms with E-state index in [0.29, 0.717) is 19.7 Å². The second-order valence-electron chi connectivity index (χ2n) is 3.94. The van der Waals surface area contributed by atoms with Crippen LogP contribution in [0.3, 0.4) is 0 Å². The lowest BCUT2D eigenvalue weighted by Gasteiger charge is -2.30. The minimum atomic E-state index is -0.0998. The highest BCUT2D eigenvalue weighted by Crippen LogP contribution is 2.18. The number of hydrogen-bond donors (Lipinski definition) is 0. The van der Waals surface area contributed by atoms with Crippen LogP contribution in [0.1, 0.15) is 19.8 Å². The number of carbonyl (C=O) groups excluding carboxylic acids is 2. The molecule has 4 nitrogen and oxygen atoms in total. The molecule has 0 saturated carbocycles. The Morgan fingerprint density at radius 3 is 2.50 bits per heavy atom. The van der Waals surface area contributed by atoms with Gasteiger partial charge in [0.25, 0.3) is 0 Å². The van der Waals surface area contributed by atoms with Crippen LogP contribution in [0.2, 0.25) is 0 Å². The Morgan fingerprint density at radius 2 is 2.00 bits per heavy atom. The minimum absolute atomic E-state index is 0.0162. The van der Waals surface area contributed by atoms with E-state index >= 15 is 0 Å². The van der Waals surface area contributed by atoms with Crippen molar-refractivity contribution in [3.8, 4) is 0 Å². The fraction of sp³-hybridized carbons (Fsp3) is 0.818. The van der Waals surface area contributed by atoms with Crippen molar-refractivity contribution in [2.24, 2.45) is 5.92 Å². The Balaban J connectivity index is 2.25. The molecule has 0 aliphatic carbocycles. The SMILES string of the molecule is CSCCOC(=O)C1CCN(C(C)=O)CC1. The molecule has 1 saturated heterocycles. The number of nitrogens with zero attached hydrogens (tertiary/aromatic N) is 1. The van der Waals surface area contributed by atoms with E-state index in [4.69, 9.17) is 4.74 Å². The molecule has 0 aromatic heterocycles. The van der Waals surface area contributed by atoms with Gasteiger partial charge in [-0.1, -0.05) is 0 Å². The van der Waals surface area contributed by atoms with Gasteiger partial charge < -0.3 is 9.64 Å². The number of rotatable bonds is 4. The monoisotopic (exact) mass is 245 g/mol. The van der Waals surface area contributed by atoms with E-state index in [-0.39, 0.29) is 17.8 Å². The lowest BCUT2D eigenvalue weighted by atomic mass is 9.97. The second kappa shape index (κ2) is 6.78. The molecule has 0 atom stereocenters. The Bertz CT molecular complexity index is 250. The number of ether oxygens (including phenoxy) is 1. The molecule has 1 rings (SSSR count). The van der Waals surface area contributed by atoms with Crippen molar-refractivity contribution in [3.05, 3.63) is 0 Å². The molecular weight excluding hydrogens is 226 g/mol. The molecule has 0 bridgehead atoms. The zero-order valence-corrected chi connectivity index (χ0v) is 10.7. The molecule has 0 N–H and O–H groups in total. The van der Waals surface area contributed by atoms with Crippen LogP contribution in [0.4, 0.5) is 0 Å². The fourth-order valence-corrected chi connectivity index (χ4v) is 2.02. The molecule has 1 aliphatic rings. The number of amides is 1. The summed E-state index contributed by atoms with van der Waals surface area (Å²) in [6.45, 7) is 3.42. The zero-order valence-electron chi connectivity index (χ0n) is 9.90. The van der Waals surface area contributed by atoms with Crippen LogP contribution >= 0.6 is 11.8 Å². The maximum absolute atomic E-state index is 11.6. The molecule has 0 radical (unpaired) electrons. The van der Waals surface area contributed by atoms with Gasteiger partial charge in [0.05, 0.1) is 5.92 Å². The molecule has 0 spiro atoms. The summed E-state index contributed by atoms with van der Waals surface area (Å²) in [6, 6.07) is 0. The van der Waals surface area contributed by atoms with Crippen LogP contribution in [0.15, 0.2) is 0 Å². The van der Waals surface area contributed by atoms with Crippen LogP contribution in [-0.2, 0) is 14.3 Å². The number of piperidine rings is 1. The molecule has 5 heteroatoms. The quantitative estimate of drug-likeness (QED) is 0.550. The van der Waals surface area contributed by atoms with E-state index in [0.717, 1.165) is 18.6 Å². The first-order valence-electron chi connectivity index (χ1n) is 5.56. The summed E-state index contributed by atoms with van der Waals surface area (Å²) in [7, 11) is 0. The van der Waals surface area contributed by atoms with Crippen molar-refractivity contribution in [2.45, 2.75) is 19.8 Å². The third kappa shape index (κ3) is 4.04. The van der Waals surface area contributed by atoms with Crippen LogP contribution in [0, 0.1) is 5.92 Å². The maximum atomic E-state index is 11.6. The molecule has 92 valence electrons. The van der Waals surface area contributed by atoms with Crippen LogP contribution in [0.25, 0.3) is 0 Å². The standard InChI is InChI=1S/C11H19NO3S/c1-9(13)12-5-3-10(4-6-12)11(14)15-7-8-16-2/h10H,3-8H2,1-2H3. The van der Waals surface area contributed by atoms with Gasteiger partial charge in [-0.2, -0.15) is 11.8 Å². The van der Waals surface area contributed by atoms with E-state index in [1.165, 1.54) is 0 Å². The second-order valence-corrected chi connectivity index (χ2v) is 4.93. The summed E-state index contributed by atoms with van der Waals surface area (Å²) in [5.41, 5.74) is 0. The first-order chi connectivity index (χ1) is 7.65. The summed E-state index contributed by atoms with van der Waals surface area (Å²) in [5.74, 6) is 0.821. The highest BCUT2D eigenvalue weighted by molar-refractivity contribution is 7.98. The number of likely N-dealkylation sites (tertiary alicyclic amines) is 1. The molecular formula is C11H19NO3S. The molecule has 1 heterocycles. The summed E-state index contributed by atoms with van der Waals surface area (Å²) in [6.07, 6.45) is 3.45. The molecule has 1 aliphatic heterocycles. The van der Waals surface area contributed by atoms with Gasteiger partial charge in [0.15, 0.2) is 0 Å². The highest BCUT2D eigenvalue weighted by atomic mass is 32.2. The molecule has 0 unspecified atom stereocenters. The van der Waals surface area contributed by atoms with Gasteiger partial charge in [0.2, 0.25) is 5.91 Å². The third-order valence-electron chi connectivity index (χ3n) is 2.81. The van der Waals surface area contributed by atoms with E-state index < -0.39 is 0 Å². The lowest BCUT2D eigenvalue weighted by molar-refractivity contribution is -0.150. The smallest absolute Gasteiger partial charge is 0.309 e. The van der Waals surface area contributed by atoms with Gasteiger partial charge in [-0.05, 0) is 19.1 Å². The van der Waals surface area contributed by atoms with Crippen molar-refractivity contribution in [1.82, 2.24) is 4.90 Å². The molecule has 1 amide bonds. The van der Waals surface area contributed by atoms with Crippen molar-refractivity contribution in [2.75, 3.05) is 31.7 Å². The summed E-state index contributed by atoms with van der Waals surface area (Å²) in [4.78, 5) is 24.5. The Labute approximate surface area is 101 Å². The summed E-state index contributed by atoms with van der Waals surface area (Å²) < 4.78 is 5.15. The molecule has 16 heavy (non-hydrogen) atoms. The van der Waals surface area contributed by atoms with Gasteiger partial charge in [-0.25, -0.2) is 0 Å². The van der Waals surface area contributed by atoms with Crippen LogP contribution in [0.5, 0.6) is 0 Å². The predicted molar refractivity (Wildman–Crippen MR) is 64.3 cm³/mol. The topological polar surface area (TPSA) is 46.6 Å². The van der Waals surface area contributed by atoms with Crippen molar-refractivity contribution in [1.29, 1.82) is 0 Å². The highest BCUT2D eigenvalue weighted by Gasteiger charge is 2.26. The normalized spacial score (nSPS) is 17.2. The third-order valence-corrected chi connectivity index (χ3v) is 3.38. The summed E-state index contributed by atoms with van der Waals surface area (Å²) in [5, 5.41) is 0. The van der Waals surface area contributed by atoms with Gasteiger partial charge in [0.1, 0.15) is 6.61 Å². The van der Waals surface area contributed by atoms with Gasteiger partial charge in [-0.15, -0.1) is 0 Å². The summed E-state index contributed by atoms with van der Waals surface area (Å²) >= 11 is 1.66.